The smallest absolute Gasteiger partial charge is 0.285 e. The largest absolute Gasteiger partial charge is 0.493 e. The highest BCUT2D eigenvalue weighted by atomic mass is 32.1. The number of nitrogens with zero attached hydrogens (tertiary/aromatic N) is 2. The van der Waals surface area contributed by atoms with E-state index in [1.807, 2.05) is 0 Å². The monoisotopic (exact) mass is 614 g/mol. The zero-order chi connectivity index (χ0) is 30.9. The van der Waals surface area contributed by atoms with Crippen molar-refractivity contribution in [2.45, 2.75) is 0 Å². The van der Waals surface area contributed by atoms with Gasteiger partial charge in [-0.3, -0.25) is 9.59 Å². The third-order valence-corrected chi connectivity index (χ3v) is 7.09. The van der Waals surface area contributed by atoms with Crippen molar-refractivity contribution in [1.29, 1.82) is 0 Å². The van der Waals surface area contributed by atoms with Crippen molar-refractivity contribution in [1.82, 2.24) is 10.9 Å². The number of hydrogen-bond acceptors (Lipinski definition) is 13. The molecule has 43 heavy (non-hydrogen) atoms. The predicted molar refractivity (Wildman–Crippen MR) is 158 cm³/mol. The minimum absolute atomic E-state index is 0.107. The lowest BCUT2D eigenvalue weighted by molar-refractivity contribution is 0.0935. The number of hydrazone groups is 2. The van der Waals surface area contributed by atoms with Crippen LogP contribution in [0.5, 0.6) is 46.0 Å². The maximum absolute atomic E-state index is 13.0. The first-order chi connectivity index (χ1) is 20.9. The molecule has 1 aliphatic heterocycles. The van der Waals surface area contributed by atoms with Crippen molar-refractivity contribution in [2.24, 2.45) is 10.2 Å². The molecule has 0 atom stereocenters. The Balaban J connectivity index is 1.51. The topological polar surface area (TPSA) is 157 Å². The molecule has 0 bridgehead atoms. The highest BCUT2D eigenvalue weighted by Gasteiger charge is 2.31. The second-order valence-electron chi connectivity index (χ2n) is 8.43. The van der Waals surface area contributed by atoms with Gasteiger partial charge in [-0.15, -0.1) is 11.3 Å². The number of amides is 2. The minimum Gasteiger partial charge on any atom is -0.493 e. The van der Waals surface area contributed by atoms with E-state index in [0.29, 0.717) is 45.6 Å². The molecule has 0 saturated heterocycles. The van der Waals surface area contributed by atoms with E-state index in [1.165, 1.54) is 55.1 Å². The van der Waals surface area contributed by atoms with E-state index >= 15 is 0 Å². The standard InChI is InChI=1S/C28H30N4O10S/c1-35-17-9-15(10-18(36-2)21(17)39-5)13-29-31-27(33)25-23-24(42-8-7-41-23)26(43-25)28(34)32-30-14-16-11-19(37-3)22(40-6)20(12-16)38-4/h9-14H,7-8H2,1-6H3,(H,31,33)(H,32,34)/b29-13+,30-14+. The Morgan fingerprint density at radius 2 is 1.00 bits per heavy atom. The number of thiophene rings is 1. The summed E-state index contributed by atoms with van der Waals surface area (Å²) in [4.78, 5) is 26.3. The van der Waals surface area contributed by atoms with Crippen molar-refractivity contribution in [2.75, 3.05) is 55.9 Å². The van der Waals surface area contributed by atoms with Crippen molar-refractivity contribution >= 4 is 35.6 Å². The van der Waals surface area contributed by atoms with E-state index in [4.69, 9.17) is 37.9 Å². The Morgan fingerprint density at radius 1 is 0.651 bits per heavy atom. The molecule has 1 aliphatic rings. The van der Waals surface area contributed by atoms with Crippen molar-refractivity contribution in [3.05, 3.63) is 45.1 Å². The van der Waals surface area contributed by atoms with Crippen LogP contribution in [-0.2, 0) is 0 Å². The molecule has 0 aliphatic carbocycles. The summed E-state index contributed by atoms with van der Waals surface area (Å²) >= 11 is 0.883. The van der Waals surface area contributed by atoms with Gasteiger partial charge in [-0.2, -0.15) is 10.2 Å². The number of benzene rings is 2. The number of rotatable bonds is 12. The molecule has 14 nitrogen and oxygen atoms in total. The molecule has 0 fully saturated rings. The zero-order valence-electron chi connectivity index (χ0n) is 24.3. The normalized spacial score (nSPS) is 12.1. The average Bonchev–Trinajstić information content (AvgIpc) is 3.43. The van der Waals surface area contributed by atoms with Gasteiger partial charge in [0.1, 0.15) is 23.0 Å². The number of hydrogen-bond donors (Lipinski definition) is 2. The Hall–Kier alpha value is -5.18. The van der Waals surface area contributed by atoms with Crippen LogP contribution in [0.3, 0.4) is 0 Å². The van der Waals surface area contributed by atoms with Crippen LogP contribution in [0.25, 0.3) is 0 Å². The van der Waals surface area contributed by atoms with Gasteiger partial charge in [0.2, 0.25) is 11.5 Å². The molecule has 0 unspecified atom stereocenters. The van der Waals surface area contributed by atoms with Crippen LogP contribution >= 0.6 is 11.3 Å². The van der Waals surface area contributed by atoms with Crippen molar-refractivity contribution < 1.29 is 47.5 Å². The third-order valence-electron chi connectivity index (χ3n) is 5.94. The molecule has 1 aromatic heterocycles. The molecule has 0 radical (unpaired) electrons. The number of carbonyl (C=O) groups is 2. The van der Waals surface area contributed by atoms with Gasteiger partial charge in [-0.1, -0.05) is 0 Å². The number of ether oxygens (including phenoxy) is 8. The van der Waals surface area contributed by atoms with E-state index < -0.39 is 11.8 Å². The number of fused-ring (bicyclic) bond motifs is 1. The quantitative estimate of drug-likeness (QED) is 0.230. The Labute approximate surface area is 251 Å². The number of methoxy groups -OCH3 is 6. The molecule has 3 aromatic rings. The molecule has 0 saturated carbocycles. The zero-order valence-corrected chi connectivity index (χ0v) is 25.1. The van der Waals surface area contributed by atoms with Gasteiger partial charge in [0.05, 0.1) is 55.1 Å². The summed E-state index contributed by atoms with van der Waals surface area (Å²) in [6, 6.07) is 6.67. The molecule has 2 heterocycles. The van der Waals surface area contributed by atoms with Crippen LogP contribution in [0, 0.1) is 0 Å². The van der Waals surface area contributed by atoms with Gasteiger partial charge in [0.15, 0.2) is 34.5 Å². The van der Waals surface area contributed by atoms with Gasteiger partial charge in [0, 0.05) is 11.1 Å². The van der Waals surface area contributed by atoms with Gasteiger partial charge >= 0.3 is 0 Å². The Morgan fingerprint density at radius 3 is 1.30 bits per heavy atom. The summed E-state index contributed by atoms with van der Waals surface area (Å²) in [5.41, 5.74) is 6.05. The van der Waals surface area contributed by atoms with Gasteiger partial charge in [0.25, 0.3) is 11.8 Å². The third kappa shape index (κ3) is 6.67. The Bertz CT molecular complexity index is 1390. The maximum atomic E-state index is 13.0. The van der Waals surface area contributed by atoms with Crippen LogP contribution in [0.2, 0.25) is 0 Å². The molecule has 228 valence electrons. The fourth-order valence-corrected chi connectivity index (χ4v) is 5.00. The first-order valence-corrected chi connectivity index (χ1v) is 13.4. The average molecular weight is 615 g/mol. The molecule has 2 aromatic carbocycles. The maximum Gasteiger partial charge on any atom is 0.285 e. The molecule has 2 N–H and O–H groups in total. The van der Waals surface area contributed by atoms with Gasteiger partial charge < -0.3 is 37.9 Å². The summed E-state index contributed by atoms with van der Waals surface area (Å²) in [6.07, 6.45) is 2.82. The summed E-state index contributed by atoms with van der Waals surface area (Å²) < 4.78 is 43.3. The van der Waals surface area contributed by atoms with Crippen LogP contribution in [0.1, 0.15) is 30.5 Å². The van der Waals surface area contributed by atoms with E-state index in [1.54, 1.807) is 24.3 Å². The van der Waals surface area contributed by atoms with Crippen LogP contribution in [0.4, 0.5) is 0 Å². The summed E-state index contributed by atoms with van der Waals surface area (Å²) in [5.74, 6) is 1.65. The van der Waals surface area contributed by atoms with Crippen LogP contribution in [0.15, 0.2) is 34.5 Å². The molecule has 2 amide bonds. The fraction of sp³-hybridized carbons (Fsp3) is 0.286. The lowest BCUT2D eigenvalue weighted by Crippen LogP contribution is -2.21. The first kappa shape index (κ1) is 30.8. The second kappa shape index (κ2) is 14.1. The van der Waals surface area contributed by atoms with Crippen LogP contribution < -0.4 is 48.7 Å². The number of nitrogens with one attached hydrogen (secondary N) is 2. The molecular weight excluding hydrogens is 584 g/mol. The SMILES string of the molecule is COc1cc(/C=N/NC(=O)c2sc(C(=O)N/N=C/c3cc(OC)c(OC)c(OC)c3)c3c2OCCO3)cc(OC)c1OC. The summed E-state index contributed by atoms with van der Waals surface area (Å²) in [7, 11) is 8.97. The summed E-state index contributed by atoms with van der Waals surface area (Å²) in [5, 5.41) is 8.06. The Kier molecular flexibility index (Phi) is 10.1. The van der Waals surface area contributed by atoms with E-state index in [0.717, 1.165) is 11.3 Å². The van der Waals surface area contributed by atoms with E-state index in [2.05, 4.69) is 21.1 Å². The molecule has 15 heteroatoms. The van der Waals surface area contributed by atoms with Gasteiger partial charge in [-0.25, -0.2) is 10.9 Å². The lowest BCUT2D eigenvalue weighted by Gasteiger charge is -2.16. The highest BCUT2D eigenvalue weighted by molar-refractivity contribution is 7.16. The second-order valence-corrected chi connectivity index (χ2v) is 9.45. The van der Waals surface area contributed by atoms with Gasteiger partial charge in [-0.05, 0) is 24.3 Å². The molecule has 4 rings (SSSR count). The fourth-order valence-electron chi connectivity index (χ4n) is 4.03. The van der Waals surface area contributed by atoms with Crippen molar-refractivity contribution in [3.63, 3.8) is 0 Å². The van der Waals surface area contributed by atoms with Crippen LogP contribution in [-0.4, -0.2) is 80.1 Å². The number of carbonyl (C=O) groups excluding carboxylic acids is 2. The summed E-state index contributed by atoms with van der Waals surface area (Å²) in [6.45, 7) is 0.415. The van der Waals surface area contributed by atoms with E-state index in [9.17, 15) is 9.59 Å². The molecule has 0 spiro atoms. The van der Waals surface area contributed by atoms with Crippen molar-refractivity contribution in [3.8, 4) is 46.0 Å². The lowest BCUT2D eigenvalue weighted by atomic mass is 10.2. The minimum atomic E-state index is -0.601. The highest BCUT2D eigenvalue weighted by Crippen LogP contribution is 2.44. The first-order valence-electron chi connectivity index (χ1n) is 12.6. The molecular formula is C28H30N4O10S. The van der Waals surface area contributed by atoms with E-state index in [-0.39, 0.29) is 34.5 Å². The predicted octanol–water partition coefficient (Wildman–Crippen LogP) is 3.10.